The van der Waals surface area contributed by atoms with Gasteiger partial charge in [0.25, 0.3) is 0 Å². The lowest BCUT2D eigenvalue weighted by atomic mass is 10.0. The summed E-state index contributed by atoms with van der Waals surface area (Å²) in [6.45, 7) is 3.96. The molecule has 0 unspecified atom stereocenters. The molecule has 0 saturated heterocycles. The topological polar surface area (TPSA) is 77.6 Å². The molecule has 0 aliphatic carbocycles. The minimum Gasteiger partial charge on any atom is -0.308 e. The number of aryl methyl sites for hydroxylation is 2. The Bertz CT molecular complexity index is 1590. The lowest BCUT2D eigenvalue weighted by Gasteiger charge is -2.07. The van der Waals surface area contributed by atoms with Crippen LogP contribution in [0.25, 0.3) is 22.2 Å². The van der Waals surface area contributed by atoms with E-state index in [0.29, 0.717) is 34.3 Å². The van der Waals surface area contributed by atoms with Gasteiger partial charge >= 0.3 is 0 Å². The maximum Gasteiger partial charge on any atom is 0.247 e. The standard InChI is InChI=1S/C26H21ClF2N6O/c1-15-11-23(33-34(15)13-18-5-8-20(29)12-22(18)27)31-24(36)14-35-26-25(16(2)32-35)21(9-10-30-26)17-3-6-19(28)7-4-17/h3-12H,13-14H2,1-2H3,(H,31,33,36). The number of rotatable bonds is 6. The molecule has 0 atom stereocenters. The maximum atomic E-state index is 13.4. The summed E-state index contributed by atoms with van der Waals surface area (Å²) in [6, 6.07) is 14.0. The smallest absolute Gasteiger partial charge is 0.247 e. The molecule has 36 heavy (non-hydrogen) atoms. The first-order valence-corrected chi connectivity index (χ1v) is 11.5. The van der Waals surface area contributed by atoms with Crippen LogP contribution in [0.2, 0.25) is 5.02 Å². The van der Waals surface area contributed by atoms with E-state index in [4.69, 9.17) is 11.6 Å². The molecule has 7 nitrogen and oxygen atoms in total. The molecule has 0 radical (unpaired) electrons. The summed E-state index contributed by atoms with van der Waals surface area (Å²) in [7, 11) is 0. The number of carbonyl (C=O) groups is 1. The highest BCUT2D eigenvalue weighted by molar-refractivity contribution is 6.31. The molecule has 0 aliphatic rings. The number of aromatic nitrogens is 5. The number of amides is 1. The predicted octanol–water partition coefficient (Wildman–Crippen LogP) is 5.53. The van der Waals surface area contributed by atoms with Gasteiger partial charge in [0.15, 0.2) is 11.5 Å². The minimum absolute atomic E-state index is 0.0695. The molecule has 0 fully saturated rings. The van der Waals surface area contributed by atoms with Crippen LogP contribution in [0.4, 0.5) is 14.6 Å². The van der Waals surface area contributed by atoms with E-state index in [1.807, 2.05) is 19.9 Å². The van der Waals surface area contributed by atoms with Crippen LogP contribution in [0, 0.1) is 25.5 Å². The maximum absolute atomic E-state index is 13.4. The molecule has 0 saturated carbocycles. The van der Waals surface area contributed by atoms with E-state index >= 15 is 0 Å². The van der Waals surface area contributed by atoms with Crippen molar-refractivity contribution in [3.05, 3.63) is 94.4 Å². The van der Waals surface area contributed by atoms with Crippen molar-refractivity contribution in [1.29, 1.82) is 0 Å². The van der Waals surface area contributed by atoms with Crippen LogP contribution in [0.3, 0.4) is 0 Å². The van der Waals surface area contributed by atoms with Crippen molar-refractivity contribution in [2.24, 2.45) is 0 Å². The first kappa shape index (κ1) is 23.6. The number of fused-ring (bicyclic) bond motifs is 1. The van der Waals surface area contributed by atoms with E-state index in [1.165, 1.54) is 28.9 Å². The highest BCUT2D eigenvalue weighted by atomic mass is 35.5. The Kier molecular flexibility index (Phi) is 6.24. The van der Waals surface area contributed by atoms with Gasteiger partial charge in [0.2, 0.25) is 5.91 Å². The molecule has 10 heteroatoms. The van der Waals surface area contributed by atoms with Crippen LogP contribution in [0.1, 0.15) is 17.0 Å². The zero-order chi connectivity index (χ0) is 25.4. The summed E-state index contributed by atoms with van der Waals surface area (Å²) in [5.41, 5.74) is 4.47. The normalized spacial score (nSPS) is 11.2. The summed E-state index contributed by atoms with van der Waals surface area (Å²) < 4.78 is 29.9. The Morgan fingerprint density at radius 3 is 2.47 bits per heavy atom. The summed E-state index contributed by atoms with van der Waals surface area (Å²) in [5, 5.41) is 12.9. The second-order valence-electron chi connectivity index (χ2n) is 8.42. The molecule has 1 amide bonds. The van der Waals surface area contributed by atoms with Gasteiger partial charge in [-0.2, -0.15) is 10.2 Å². The van der Waals surface area contributed by atoms with Crippen molar-refractivity contribution in [2.75, 3.05) is 5.32 Å². The Hall–Kier alpha value is -4.11. The molecule has 1 N–H and O–H groups in total. The molecule has 0 aliphatic heterocycles. The number of anilines is 1. The van der Waals surface area contributed by atoms with Gasteiger partial charge in [-0.1, -0.05) is 29.8 Å². The number of hydrogen-bond donors (Lipinski definition) is 1. The van der Waals surface area contributed by atoms with Crippen LogP contribution in [0.15, 0.2) is 60.8 Å². The molecule has 0 bridgehead atoms. The second kappa shape index (κ2) is 9.50. The van der Waals surface area contributed by atoms with Crippen molar-refractivity contribution < 1.29 is 13.6 Å². The molecular formula is C26H21ClF2N6O. The molecule has 3 aromatic heterocycles. The van der Waals surface area contributed by atoms with Crippen LogP contribution < -0.4 is 5.32 Å². The minimum atomic E-state index is -0.408. The van der Waals surface area contributed by atoms with E-state index in [0.717, 1.165) is 22.2 Å². The van der Waals surface area contributed by atoms with Gasteiger partial charge in [-0.3, -0.25) is 9.48 Å². The molecule has 5 aromatic rings. The van der Waals surface area contributed by atoms with Crippen LogP contribution >= 0.6 is 11.6 Å². The molecule has 2 aromatic carbocycles. The van der Waals surface area contributed by atoms with Gasteiger partial charge in [0, 0.05) is 28.4 Å². The van der Waals surface area contributed by atoms with E-state index < -0.39 is 5.82 Å². The number of nitrogens with zero attached hydrogens (tertiary/aromatic N) is 5. The van der Waals surface area contributed by atoms with Crippen molar-refractivity contribution in [1.82, 2.24) is 24.5 Å². The Balaban J connectivity index is 1.35. The molecule has 0 spiro atoms. The predicted molar refractivity (Wildman–Crippen MR) is 134 cm³/mol. The van der Waals surface area contributed by atoms with Gasteiger partial charge in [0.05, 0.1) is 12.2 Å². The lowest BCUT2D eigenvalue weighted by Crippen LogP contribution is -2.20. The summed E-state index contributed by atoms with van der Waals surface area (Å²) in [5.74, 6) is -0.664. The van der Waals surface area contributed by atoms with Gasteiger partial charge in [-0.05, 0) is 60.9 Å². The fourth-order valence-electron chi connectivity index (χ4n) is 4.12. The highest BCUT2D eigenvalue weighted by Gasteiger charge is 2.17. The molecule has 5 rings (SSSR count). The summed E-state index contributed by atoms with van der Waals surface area (Å²) in [6.07, 6.45) is 1.64. The number of carbonyl (C=O) groups excluding carboxylic acids is 1. The van der Waals surface area contributed by atoms with E-state index in [2.05, 4.69) is 20.5 Å². The highest BCUT2D eigenvalue weighted by Crippen LogP contribution is 2.30. The Morgan fingerprint density at radius 1 is 0.972 bits per heavy atom. The van der Waals surface area contributed by atoms with Gasteiger partial charge < -0.3 is 5.32 Å². The molecule has 3 heterocycles. The first-order chi connectivity index (χ1) is 17.3. The van der Waals surface area contributed by atoms with Crippen LogP contribution in [-0.2, 0) is 17.9 Å². The zero-order valence-corrected chi connectivity index (χ0v) is 20.2. The number of halogens is 3. The van der Waals surface area contributed by atoms with Crippen molar-refractivity contribution in [2.45, 2.75) is 26.9 Å². The van der Waals surface area contributed by atoms with Gasteiger partial charge in [-0.15, -0.1) is 0 Å². The summed E-state index contributed by atoms with van der Waals surface area (Å²) in [4.78, 5) is 17.3. The number of benzene rings is 2. The summed E-state index contributed by atoms with van der Waals surface area (Å²) >= 11 is 6.14. The van der Waals surface area contributed by atoms with Gasteiger partial charge in [-0.25, -0.2) is 18.4 Å². The quantitative estimate of drug-likeness (QED) is 0.328. The molecular weight excluding hydrogens is 486 g/mol. The Morgan fingerprint density at radius 2 is 1.72 bits per heavy atom. The number of pyridine rings is 1. The fraction of sp³-hybridized carbons (Fsp3) is 0.154. The van der Waals surface area contributed by atoms with Crippen molar-refractivity contribution in [3.63, 3.8) is 0 Å². The number of nitrogens with one attached hydrogen (secondary N) is 1. The largest absolute Gasteiger partial charge is 0.308 e. The van der Waals surface area contributed by atoms with Crippen molar-refractivity contribution >= 4 is 34.4 Å². The monoisotopic (exact) mass is 506 g/mol. The average molecular weight is 507 g/mol. The Labute approximate surface area is 210 Å². The second-order valence-corrected chi connectivity index (χ2v) is 8.83. The third-order valence-electron chi connectivity index (χ3n) is 5.84. The van der Waals surface area contributed by atoms with Crippen LogP contribution in [-0.4, -0.2) is 30.5 Å². The first-order valence-electron chi connectivity index (χ1n) is 11.1. The van der Waals surface area contributed by atoms with Gasteiger partial charge in [0.1, 0.15) is 18.2 Å². The average Bonchev–Trinajstić information content (AvgIpc) is 3.34. The zero-order valence-electron chi connectivity index (χ0n) is 19.5. The van der Waals surface area contributed by atoms with E-state index in [-0.39, 0.29) is 18.3 Å². The number of hydrogen-bond acceptors (Lipinski definition) is 4. The lowest BCUT2D eigenvalue weighted by molar-refractivity contribution is -0.116. The van der Waals surface area contributed by atoms with E-state index in [9.17, 15) is 13.6 Å². The third kappa shape index (κ3) is 4.70. The fourth-order valence-corrected chi connectivity index (χ4v) is 4.35. The third-order valence-corrected chi connectivity index (χ3v) is 6.19. The molecule has 182 valence electrons. The van der Waals surface area contributed by atoms with Crippen LogP contribution in [0.5, 0.6) is 0 Å². The SMILES string of the molecule is Cc1nn(CC(=O)Nc2cc(C)n(Cc3ccc(F)cc3Cl)n2)c2nccc(-c3ccc(F)cc3)c12. The van der Waals surface area contributed by atoms with Crippen molar-refractivity contribution in [3.8, 4) is 11.1 Å². The van der Waals surface area contributed by atoms with E-state index in [1.54, 1.807) is 35.1 Å².